The average molecular weight is 366 g/mol. The molecule has 1 atom stereocenters. The van der Waals surface area contributed by atoms with Crippen molar-refractivity contribution < 1.29 is 29.0 Å². The lowest BCUT2D eigenvalue weighted by Crippen LogP contribution is -2.49. The molecule has 0 heterocycles. The van der Waals surface area contributed by atoms with E-state index in [0.717, 1.165) is 5.56 Å². The summed E-state index contributed by atoms with van der Waals surface area (Å²) >= 11 is 0. The summed E-state index contributed by atoms with van der Waals surface area (Å²) in [5, 5.41) is 13.6. The molecular weight excluding hydrogens is 340 g/mol. The zero-order valence-corrected chi connectivity index (χ0v) is 15.3. The van der Waals surface area contributed by atoms with E-state index in [-0.39, 0.29) is 26.2 Å². The number of rotatable bonds is 8. The number of benzene rings is 1. The summed E-state index contributed by atoms with van der Waals surface area (Å²) in [4.78, 5) is 36.0. The Hall–Kier alpha value is -2.61. The highest BCUT2D eigenvalue weighted by Crippen LogP contribution is 2.08. The quantitative estimate of drug-likeness (QED) is 0.594. The van der Waals surface area contributed by atoms with Crippen LogP contribution in [0.25, 0.3) is 0 Å². The summed E-state index contributed by atoms with van der Waals surface area (Å²) in [5.41, 5.74) is 0.0616. The lowest BCUT2D eigenvalue weighted by atomic mass is 10.2. The molecule has 0 saturated heterocycles. The molecule has 2 amide bonds. The maximum atomic E-state index is 12.1. The van der Waals surface area contributed by atoms with Crippen LogP contribution in [0.3, 0.4) is 0 Å². The molecule has 0 radical (unpaired) electrons. The van der Waals surface area contributed by atoms with Crippen molar-refractivity contribution >= 4 is 18.0 Å². The Bertz CT molecular complexity index is 597. The molecule has 0 fully saturated rings. The van der Waals surface area contributed by atoms with Crippen molar-refractivity contribution in [2.45, 2.75) is 45.4 Å². The number of aliphatic hydroxyl groups excluding tert-OH is 1. The van der Waals surface area contributed by atoms with Gasteiger partial charge in [0, 0.05) is 6.54 Å². The summed E-state index contributed by atoms with van der Waals surface area (Å²) in [7, 11) is 0. The molecule has 0 saturated carbocycles. The van der Waals surface area contributed by atoms with E-state index in [9.17, 15) is 14.4 Å². The van der Waals surface area contributed by atoms with Gasteiger partial charge in [-0.15, -0.1) is 0 Å². The first-order chi connectivity index (χ1) is 12.2. The van der Waals surface area contributed by atoms with Crippen molar-refractivity contribution in [1.82, 2.24) is 10.6 Å². The van der Waals surface area contributed by atoms with Gasteiger partial charge in [-0.2, -0.15) is 0 Å². The van der Waals surface area contributed by atoms with Crippen LogP contribution in [0.15, 0.2) is 30.3 Å². The number of alkyl carbamates (subject to hydrolysis) is 1. The number of amides is 2. The molecule has 0 aliphatic rings. The van der Waals surface area contributed by atoms with Gasteiger partial charge >= 0.3 is 12.1 Å². The molecule has 0 aromatic heterocycles. The van der Waals surface area contributed by atoms with Gasteiger partial charge in [0.15, 0.2) is 0 Å². The van der Waals surface area contributed by atoms with E-state index >= 15 is 0 Å². The molecule has 3 N–H and O–H groups in total. The summed E-state index contributed by atoms with van der Waals surface area (Å²) in [6.07, 6.45) is -1.18. The summed E-state index contributed by atoms with van der Waals surface area (Å²) in [6.45, 7) is 4.86. The van der Waals surface area contributed by atoms with Gasteiger partial charge in [0.1, 0.15) is 18.2 Å². The fraction of sp³-hybridized carbons (Fsp3) is 0.500. The number of carbonyl (C=O) groups is 3. The summed E-state index contributed by atoms with van der Waals surface area (Å²) < 4.78 is 10.2. The van der Waals surface area contributed by atoms with Crippen molar-refractivity contribution in [3.05, 3.63) is 35.9 Å². The molecule has 0 bridgehead atoms. The summed E-state index contributed by atoms with van der Waals surface area (Å²) in [6, 6.07) is 7.92. The largest absolute Gasteiger partial charge is 0.461 e. The van der Waals surface area contributed by atoms with Crippen LogP contribution in [0.1, 0.15) is 32.8 Å². The fourth-order valence-corrected chi connectivity index (χ4v) is 1.93. The Morgan fingerprint density at radius 1 is 1.15 bits per heavy atom. The fourth-order valence-electron chi connectivity index (χ4n) is 1.93. The molecule has 1 aromatic carbocycles. The lowest BCUT2D eigenvalue weighted by molar-refractivity contribution is -0.147. The molecule has 8 heteroatoms. The number of hydrogen-bond donors (Lipinski definition) is 3. The maximum Gasteiger partial charge on any atom is 0.408 e. The minimum atomic E-state index is -1.17. The first-order valence-electron chi connectivity index (χ1n) is 8.29. The molecule has 0 unspecified atom stereocenters. The van der Waals surface area contributed by atoms with Gasteiger partial charge in [-0.25, -0.2) is 4.79 Å². The topological polar surface area (TPSA) is 114 Å². The van der Waals surface area contributed by atoms with Gasteiger partial charge in [-0.1, -0.05) is 30.3 Å². The third-order valence-corrected chi connectivity index (χ3v) is 3.03. The van der Waals surface area contributed by atoms with Gasteiger partial charge < -0.3 is 25.2 Å². The highest BCUT2D eigenvalue weighted by molar-refractivity contribution is 5.89. The smallest absolute Gasteiger partial charge is 0.408 e. The zero-order valence-electron chi connectivity index (χ0n) is 15.3. The standard InChI is InChI=1S/C18H26N2O6/c1-18(2,3)26-17(24)20-14(16(23)19-9-10-21)11-15(22)25-12-13-7-5-4-6-8-13/h4-8,14,21H,9-12H2,1-3H3,(H,19,23)(H,20,24)/t14-/m0/s1. The number of ether oxygens (including phenoxy) is 2. The normalized spacial score (nSPS) is 12.0. The van der Waals surface area contributed by atoms with Crippen molar-refractivity contribution in [2.75, 3.05) is 13.2 Å². The van der Waals surface area contributed by atoms with Crippen LogP contribution in [-0.2, 0) is 25.7 Å². The van der Waals surface area contributed by atoms with Gasteiger partial charge in [-0.3, -0.25) is 9.59 Å². The molecule has 0 aliphatic heterocycles. The Morgan fingerprint density at radius 2 is 1.81 bits per heavy atom. The second-order valence-electron chi connectivity index (χ2n) is 6.56. The van der Waals surface area contributed by atoms with Crippen LogP contribution < -0.4 is 10.6 Å². The third-order valence-electron chi connectivity index (χ3n) is 3.03. The third kappa shape index (κ3) is 9.03. The van der Waals surface area contributed by atoms with Crippen LogP contribution in [-0.4, -0.2) is 47.9 Å². The first kappa shape index (κ1) is 21.4. The van der Waals surface area contributed by atoms with Crippen LogP contribution in [0.5, 0.6) is 0 Å². The van der Waals surface area contributed by atoms with Crippen molar-refractivity contribution in [2.24, 2.45) is 0 Å². The number of aliphatic hydroxyl groups is 1. The zero-order chi connectivity index (χ0) is 19.6. The van der Waals surface area contributed by atoms with Crippen molar-refractivity contribution in [1.29, 1.82) is 0 Å². The number of carbonyl (C=O) groups excluding carboxylic acids is 3. The lowest BCUT2D eigenvalue weighted by Gasteiger charge is -2.23. The van der Waals surface area contributed by atoms with Crippen molar-refractivity contribution in [3.63, 3.8) is 0 Å². The van der Waals surface area contributed by atoms with E-state index in [1.165, 1.54) is 0 Å². The summed E-state index contributed by atoms with van der Waals surface area (Å²) in [5.74, 6) is -1.25. The Morgan fingerprint density at radius 3 is 2.38 bits per heavy atom. The van der Waals surface area contributed by atoms with Crippen LogP contribution in [0.2, 0.25) is 0 Å². The van der Waals surface area contributed by atoms with E-state index in [0.29, 0.717) is 0 Å². The predicted molar refractivity (Wildman–Crippen MR) is 94.1 cm³/mol. The van der Waals surface area contributed by atoms with E-state index in [2.05, 4.69) is 10.6 Å². The molecular formula is C18H26N2O6. The molecule has 1 aromatic rings. The SMILES string of the molecule is CC(C)(C)OC(=O)N[C@@H](CC(=O)OCc1ccccc1)C(=O)NCCO. The molecule has 1 rings (SSSR count). The van der Waals surface area contributed by atoms with Gasteiger partial charge in [-0.05, 0) is 26.3 Å². The Kier molecular flexibility index (Phi) is 8.57. The second kappa shape index (κ2) is 10.4. The number of nitrogens with one attached hydrogen (secondary N) is 2. The highest BCUT2D eigenvalue weighted by Gasteiger charge is 2.27. The van der Waals surface area contributed by atoms with Gasteiger partial charge in [0.05, 0.1) is 13.0 Å². The van der Waals surface area contributed by atoms with Crippen LogP contribution >= 0.6 is 0 Å². The minimum Gasteiger partial charge on any atom is -0.461 e. The Labute approximate surface area is 152 Å². The second-order valence-corrected chi connectivity index (χ2v) is 6.56. The van der Waals surface area contributed by atoms with Gasteiger partial charge in [0.25, 0.3) is 0 Å². The van der Waals surface area contributed by atoms with Crippen LogP contribution in [0.4, 0.5) is 4.79 Å². The van der Waals surface area contributed by atoms with E-state index < -0.39 is 29.6 Å². The van der Waals surface area contributed by atoms with Crippen LogP contribution in [0, 0.1) is 0 Å². The average Bonchev–Trinajstić information content (AvgIpc) is 2.56. The Balaban J connectivity index is 2.63. The maximum absolute atomic E-state index is 12.1. The molecule has 26 heavy (non-hydrogen) atoms. The number of hydrogen-bond acceptors (Lipinski definition) is 6. The van der Waals surface area contributed by atoms with E-state index in [4.69, 9.17) is 14.6 Å². The molecule has 0 spiro atoms. The van der Waals surface area contributed by atoms with Gasteiger partial charge in [0.2, 0.25) is 5.91 Å². The highest BCUT2D eigenvalue weighted by atomic mass is 16.6. The monoisotopic (exact) mass is 366 g/mol. The molecule has 0 aliphatic carbocycles. The number of esters is 1. The van der Waals surface area contributed by atoms with E-state index in [1.54, 1.807) is 32.9 Å². The molecule has 8 nitrogen and oxygen atoms in total. The molecule has 144 valence electrons. The predicted octanol–water partition coefficient (Wildman–Crippen LogP) is 1.12. The first-order valence-corrected chi connectivity index (χ1v) is 8.29. The van der Waals surface area contributed by atoms with Crippen molar-refractivity contribution in [3.8, 4) is 0 Å². The van der Waals surface area contributed by atoms with E-state index in [1.807, 2.05) is 18.2 Å². The minimum absolute atomic E-state index is 0.00436.